The SMILES string of the molecule is Cc1ccn(-c2cc(Cl)ccc2[C@@H](Oc2cc(N3CCC4(CC3)C[C@@H](C(=O)OC(C)(C)C)N(C(=O)OCc3ccccc3)C4)nc(N)n2)C(F)(F)F)n1. The van der Waals surface area contributed by atoms with Gasteiger partial charge in [-0.25, -0.2) is 14.3 Å². The predicted molar refractivity (Wildman–Crippen MR) is 191 cm³/mol. The summed E-state index contributed by atoms with van der Waals surface area (Å²) in [6, 6.07) is 15.4. The molecule has 0 saturated carbocycles. The van der Waals surface area contributed by atoms with E-state index >= 15 is 0 Å². The zero-order valence-electron chi connectivity index (χ0n) is 29.8. The van der Waals surface area contributed by atoms with Crippen molar-refractivity contribution in [1.29, 1.82) is 0 Å². The molecule has 1 spiro atoms. The highest BCUT2D eigenvalue weighted by molar-refractivity contribution is 6.30. The third kappa shape index (κ3) is 8.95. The zero-order chi connectivity index (χ0) is 38.1. The van der Waals surface area contributed by atoms with E-state index in [0.717, 1.165) is 5.56 Å². The largest absolute Gasteiger partial charge is 0.459 e. The Balaban J connectivity index is 1.20. The smallest absolute Gasteiger partial charge is 0.429 e. The van der Waals surface area contributed by atoms with E-state index in [0.29, 0.717) is 38.0 Å². The van der Waals surface area contributed by atoms with Gasteiger partial charge in [-0.15, -0.1) is 0 Å². The molecule has 2 aromatic carbocycles. The number of rotatable bonds is 8. The molecular weight excluding hydrogens is 715 g/mol. The number of alkyl halides is 3. The van der Waals surface area contributed by atoms with Gasteiger partial charge in [0.05, 0.1) is 11.4 Å². The highest BCUT2D eigenvalue weighted by atomic mass is 35.5. The van der Waals surface area contributed by atoms with Gasteiger partial charge in [0.15, 0.2) is 0 Å². The first-order valence-corrected chi connectivity index (χ1v) is 17.5. The molecule has 1 amide bonds. The number of nitrogen functional groups attached to an aromatic ring is 1. The van der Waals surface area contributed by atoms with Gasteiger partial charge in [0.25, 0.3) is 0 Å². The Labute approximate surface area is 310 Å². The Kier molecular flexibility index (Phi) is 10.5. The second-order valence-corrected chi connectivity index (χ2v) is 14.9. The fourth-order valence-electron chi connectivity index (χ4n) is 6.77. The van der Waals surface area contributed by atoms with Gasteiger partial charge < -0.3 is 24.8 Å². The Bertz CT molecular complexity index is 1940. The number of likely N-dealkylation sites (tertiary alicyclic amines) is 1. The monoisotopic (exact) mass is 755 g/mol. The van der Waals surface area contributed by atoms with Crippen molar-refractivity contribution in [3.8, 4) is 11.6 Å². The van der Waals surface area contributed by atoms with Crippen LogP contribution in [0.15, 0.2) is 66.9 Å². The number of nitrogens with zero attached hydrogens (tertiary/aromatic N) is 6. The number of benzene rings is 2. The number of aryl methyl sites for hydroxylation is 1. The van der Waals surface area contributed by atoms with Crippen molar-refractivity contribution in [1.82, 2.24) is 24.6 Å². The number of piperidine rings is 1. The van der Waals surface area contributed by atoms with Gasteiger partial charge in [0, 0.05) is 42.5 Å². The van der Waals surface area contributed by atoms with Crippen LogP contribution in [0.25, 0.3) is 5.69 Å². The Morgan fingerprint density at radius 3 is 2.40 bits per heavy atom. The Morgan fingerprint density at radius 2 is 1.75 bits per heavy atom. The minimum atomic E-state index is -4.86. The predicted octanol–water partition coefficient (Wildman–Crippen LogP) is 7.23. The van der Waals surface area contributed by atoms with Gasteiger partial charge in [-0.1, -0.05) is 48.0 Å². The molecule has 12 nitrogen and oxygen atoms in total. The maximum atomic E-state index is 14.7. The van der Waals surface area contributed by atoms with Crippen LogP contribution < -0.4 is 15.4 Å². The number of ether oxygens (including phenoxy) is 3. The van der Waals surface area contributed by atoms with Gasteiger partial charge in [0.1, 0.15) is 24.1 Å². The molecule has 0 unspecified atom stereocenters. The van der Waals surface area contributed by atoms with Crippen LogP contribution in [0, 0.1) is 12.3 Å². The summed E-state index contributed by atoms with van der Waals surface area (Å²) in [4.78, 5) is 38.4. The molecule has 2 aliphatic rings. The molecule has 2 N–H and O–H groups in total. The van der Waals surface area contributed by atoms with Crippen LogP contribution in [0.5, 0.6) is 5.88 Å². The first-order chi connectivity index (χ1) is 25.0. The highest BCUT2D eigenvalue weighted by Crippen LogP contribution is 2.46. The van der Waals surface area contributed by atoms with Gasteiger partial charge in [-0.05, 0) is 76.1 Å². The van der Waals surface area contributed by atoms with Crippen LogP contribution in [0.1, 0.15) is 63.0 Å². The summed E-state index contributed by atoms with van der Waals surface area (Å²) in [6.07, 6.45) is -4.93. The molecule has 2 aromatic heterocycles. The van der Waals surface area contributed by atoms with Crippen molar-refractivity contribution in [2.24, 2.45) is 5.41 Å². The molecule has 0 radical (unpaired) electrons. The average Bonchev–Trinajstić information content (AvgIpc) is 3.69. The van der Waals surface area contributed by atoms with Gasteiger partial charge in [-0.2, -0.15) is 28.2 Å². The molecule has 0 bridgehead atoms. The summed E-state index contributed by atoms with van der Waals surface area (Å²) in [5, 5.41) is 4.49. The van der Waals surface area contributed by atoms with Crippen LogP contribution in [0.2, 0.25) is 5.02 Å². The molecule has 2 fully saturated rings. The van der Waals surface area contributed by atoms with Gasteiger partial charge >= 0.3 is 18.2 Å². The number of halogens is 4. The second kappa shape index (κ2) is 14.8. The lowest BCUT2D eigenvalue weighted by atomic mass is 9.76. The topological polar surface area (TPSA) is 138 Å². The van der Waals surface area contributed by atoms with E-state index in [4.69, 9.17) is 31.5 Å². The number of amides is 1. The summed E-state index contributed by atoms with van der Waals surface area (Å²) in [6.45, 7) is 8.16. The standard InChI is InChI=1S/C37H41ClF3N7O5/c1-23-12-15-48(45-23)27-18-25(38)10-11-26(27)31(37(39,40)41)52-30-19-29(43-33(42)44-30)46-16-13-36(14-17-46)20-28(32(49)53-35(2,3)4)47(22-36)34(50)51-21-24-8-6-5-7-9-24/h5-12,15,18-19,28,31H,13-14,16-17,20-22H2,1-4H3,(H2,42,43,44)/t28-,31+/m0/s1. The fraction of sp³-hybridized carbons (Fsp3) is 0.432. The normalized spacial score (nSPS) is 17.8. The molecule has 16 heteroatoms. The number of carbonyl (C=O) groups excluding carboxylic acids is 2. The zero-order valence-corrected chi connectivity index (χ0v) is 30.5. The van der Waals surface area contributed by atoms with Gasteiger partial charge in [-0.3, -0.25) is 4.90 Å². The Morgan fingerprint density at radius 1 is 1.04 bits per heavy atom. The molecule has 282 valence electrons. The lowest BCUT2D eigenvalue weighted by Gasteiger charge is -2.39. The maximum Gasteiger partial charge on any atom is 0.429 e. The summed E-state index contributed by atoms with van der Waals surface area (Å²) in [7, 11) is 0. The summed E-state index contributed by atoms with van der Waals surface area (Å²) in [5.41, 5.74) is 6.10. The van der Waals surface area contributed by atoms with Crippen molar-refractivity contribution >= 4 is 35.4 Å². The molecule has 53 heavy (non-hydrogen) atoms. The van der Waals surface area contributed by atoms with E-state index in [1.807, 2.05) is 35.2 Å². The molecule has 0 aliphatic carbocycles. The van der Waals surface area contributed by atoms with Crippen molar-refractivity contribution in [2.75, 3.05) is 30.3 Å². The van der Waals surface area contributed by atoms with Crippen LogP contribution >= 0.6 is 11.6 Å². The highest BCUT2D eigenvalue weighted by Gasteiger charge is 2.52. The van der Waals surface area contributed by atoms with E-state index < -0.39 is 41.4 Å². The van der Waals surface area contributed by atoms with Crippen LogP contribution in [0.3, 0.4) is 0 Å². The summed E-state index contributed by atoms with van der Waals surface area (Å²) >= 11 is 6.18. The van der Waals surface area contributed by atoms with Crippen molar-refractivity contribution in [3.63, 3.8) is 0 Å². The number of esters is 1. The quantitative estimate of drug-likeness (QED) is 0.183. The second-order valence-electron chi connectivity index (χ2n) is 14.5. The molecule has 2 aliphatic heterocycles. The molecule has 2 saturated heterocycles. The number of anilines is 2. The summed E-state index contributed by atoms with van der Waals surface area (Å²) in [5.74, 6) is -0.866. The molecule has 4 aromatic rings. The third-order valence-corrected chi connectivity index (χ3v) is 9.50. The van der Waals surface area contributed by atoms with Crippen LogP contribution in [-0.2, 0) is 20.9 Å². The maximum absolute atomic E-state index is 14.7. The number of aromatic nitrogens is 4. The minimum Gasteiger partial charge on any atom is -0.459 e. The molecule has 4 heterocycles. The minimum absolute atomic E-state index is 0.0506. The Hall–Kier alpha value is -5.05. The lowest BCUT2D eigenvalue weighted by molar-refractivity contribution is -0.198. The van der Waals surface area contributed by atoms with E-state index in [-0.39, 0.29) is 47.1 Å². The van der Waals surface area contributed by atoms with E-state index in [9.17, 15) is 22.8 Å². The van der Waals surface area contributed by atoms with E-state index in [2.05, 4.69) is 15.1 Å². The number of nitrogens with two attached hydrogens (primary N) is 1. The number of carbonyl (C=O) groups is 2. The van der Waals surface area contributed by atoms with Crippen LogP contribution in [0.4, 0.5) is 29.7 Å². The van der Waals surface area contributed by atoms with Crippen molar-refractivity contribution in [2.45, 2.75) is 77.5 Å². The first kappa shape index (κ1) is 37.7. The molecular formula is C37H41ClF3N7O5. The van der Waals surface area contributed by atoms with E-state index in [1.54, 1.807) is 33.8 Å². The number of hydrogen-bond acceptors (Lipinski definition) is 10. The van der Waals surface area contributed by atoms with Crippen molar-refractivity contribution < 1.29 is 37.0 Å². The van der Waals surface area contributed by atoms with E-state index in [1.165, 1.54) is 40.0 Å². The van der Waals surface area contributed by atoms with Crippen molar-refractivity contribution in [3.05, 3.63) is 88.7 Å². The van der Waals surface area contributed by atoms with Gasteiger partial charge in [0.2, 0.25) is 17.9 Å². The molecule has 2 atom stereocenters. The average molecular weight is 756 g/mol. The fourth-order valence-corrected chi connectivity index (χ4v) is 6.94. The summed E-state index contributed by atoms with van der Waals surface area (Å²) < 4.78 is 62.3. The number of hydrogen-bond donors (Lipinski definition) is 1. The first-order valence-electron chi connectivity index (χ1n) is 17.1. The molecule has 6 rings (SSSR count). The lowest BCUT2D eigenvalue weighted by Crippen LogP contribution is -2.44. The third-order valence-electron chi connectivity index (χ3n) is 9.26. The van der Waals surface area contributed by atoms with Crippen LogP contribution in [-0.4, -0.2) is 74.2 Å².